The van der Waals surface area contributed by atoms with Crippen molar-refractivity contribution in [1.82, 2.24) is 0 Å². The Morgan fingerprint density at radius 1 is 0.621 bits per heavy atom. The van der Waals surface area contributed by atoms with E-state index in [0.717, 1.165) is 12.3 Å². The standard InChI is InChI=1S/C27H52O2/c1-4-27(28)29-25-23-21-19-17-15-13-11-9-7-5-6-8-10-12-14-16-18-20-22-24-26(2)3/h4,26H,1,5-25H2,2-3H3. The summed E-state index contributed by atoms with van der Waals surface area (Å²) in [4.78, 5) is 10.9. The smallest absolute Gasteiger partial charge is 0.330 e. The second-order valence-corrected chi connectivity index (χ2v) is 9.27. The summed E-state index contributed by atoms with van der Waals surface area (Å²) in [7, 11) is 0. The summed E-state index contributed by atoms with van der Waals surface area (Å²) in [5.41, 5.74) is 0. The Bertz CT molecular complexity index is 348. The largest absolute Gasteiger partial charge is 0.463 e. The van der Waals surface area contributed by atoms with Gasteiger partial charge in [0, 0.05) is 6.08 Å². The number of carbonyl (C=O) groups excluding carboxylic acids is 1. The van der Waals surface area contributed by atoms with E-state index in [-0.39, 0.29) is 5.97 Å². The Kier molecular flexibility index (Phi) is 22.8. The van der Waals surface area contributed by atoms with E-state index in [0.29, 0.717) is 6.61 Å². The topological polar surface area (TPSA) is 26.3 Å². The molecule has 0 spiro atoms. The van der Waals surface area contributed by atoms with E-state index in [1.54, 1.807) is 0 Å². The third-order valence-corrected chi connectivity index (χ3v) is 5.84. The second-order valence-electron chi connectivity index (χ2n) is 9.27. The van der Waals surface area contributed by atoms with Gasteiger partial charge < -0.3 is 4.74 Å². The Morgan fingerprint density at radius 3 is 1.24 bits per heavy atom. The van der Waals surface area contributed by atoms with E-state index in [9.17, 15) is 4.79 Å². The molecule has 0 heterocycles. The molecule has 0 aliphatic rings. The van der Waals surface area contributed by atoms with E-state index in [4.69, 9.17) is 4.74 Å². The van der Waals surface area contributed by atoms with Crippen molar-refractivity contribution in [2.24, 2.45) is 5.92 Å². The molecule has 0 aliphatic heterocycles. The fraction of sp³-hybridized carbons (Fsp3) is 0.889. The Morgan fingerprint density at radius 2 is 0.931 bits per heavy atom. The lowest BCUT2D eigenvalue weighted by atomic mass is 10.0. The van der Waals surface area contributed by atoms with Crippen LogP contribution in [0.3, 0.4) is 0 Å². The van der Waals surface area contributed by atoms with E-state index < -0.39 is 0 Å². The van der Waals surface area contributed by atoms with Crippen LogP contribution in [0.2, 0.25) is 0 Å². The minimum atomic E-state index is -0.298. The number of hydrogen-bond acceptors (Lipinski definition) is 2. The predicted octanol–water partition coefficient (Wildman–Crippen LogP) is 9.17. The van der Waals surface area contributed by atoms with Gasteiger partial charge in [-0.15, -0.1) is 0 Å². The molecule has 0 N–H and O–H groups in total. The van der Waals surface area contributed by atoms with Gasteiger partial charge in [0.15, 0.2) is 0 Å². The van der Waals surface area contributed by atoms with Gasteiger partial charge in [0.25, 0.3) is 0 Å². The summed E-state index contributed by atoms with van der Waals surface area (Å²) in [5, 5.41) is 0. The number of esters is 1. The van der Waals surface area contributed by atoms with Gasteiger partial charge in [0.05, 0.1) is 6.61 Å². The number of ether oxygens (including phenoxy) is 1. The zero-order valence-corrected chi connectivity index (χ0v) is 20.0. The molecule has 0 radical (unpaired) electrons. The molecule has 29 heavy (non-hydrogen) atoms. The molecular weight excluding hydrogens is 356 g/mol. The zero-order chi connectivity index (χ0) is 21.4. The Hall–Kier alpha value is -0.790. The summed E-state index contributed by atoms with van der Waals surface area (Å²) >= 11 is 0. The lowest BCUT2D eigenvalue weighted by Crippen LogP contribution is -2.01. The van der Waals surface area contributed by atoms with Crippen molar-refractivity contribution in [1.29, 1.82) is 0 Å². The van der Waals surface area contributed by atoms with Crippen LogP contribution in [0.15, 0.2) is 12.7 Å². The molecular formula is C27H52O2. The number of carbonyl (C=O) groups is 1. The molecule has 0 fully saturated rings. The van der Waals surface area contributed by atoms with Crippen LogP contribution in [0.25, 0.3) is 0 Å². The molecule has 0 rings (SSSR count). The first-order valence-corrected chi connectivity index (χ1v) is 13.0. The second kappa shape index (κ2) is 23.5. The fourth-order valence-electron chi connectivity index (χ4n) is 3.89. The molecule has 0 aliphatic carbocycles. The molecule has 0 unspecified atom stereocenters. The minimum Gasteiger partial charge on any atom is -0.463 e. The molecule has 2 nitrogen and oxygen atoms in total. The molecule has 172 valence electrons. The van der Waals surface area contributed by atoms with Gasteiger partial charge in [0.1, 0.15) is 0 Å². The molecule has 0 aromatic carbocycles. The first-order valence-electron chi connectivity index (χ1n) is 13.0. The van der Waals surface area contributed by atoms with Crippen LogP contribution in [0, 0.1) is 5.92 Å². The van der Waals surface area contributed by atoms with Crippen molar-refractivity contribution in [3.63, 3.8) is 0 Å². The van der Waals surface area contributed by atoms with Gasteiger partial charge in [-0.1, -0.05) is 142 Å². The quantitative estimate of drug-likeness (QED) is 0.0956. The van der Waals surface area contributed by atoms with Gasteiger partial charge in [0.2, 0.25) is 0 Å². The van der Waals surface area contributed by atoms with E-state index in [1.165, 1.54) is 128 Å². The summed E-state index contributed by atoms with van der Waals surface area (Å²) in [6, 6.07) is 0. The van der Waals surface area contributed by atoms with Crippen molar-refractivity contribution in [2.45, 2.75) is 142 Å². The predicted molar refractivity (Wildman–Crippen MR) is 128 cm³/mol. The third-order valence-electron chi connectivity index (χ3n) is 5.84. The third kappa shape index (κ3) is 25.2. The van der Waals surface area contributed by atoms with Crippen molar-refractivity contribution >= 4 is 5.97 Å². The summed E-state index contributed by atoms with van der Waals surface area (Å²) in [6.45, 7) is 8.60. The van der Waals surface area contributed by atoms with Gasteiger partial charge in [-0.05, 0) is 12.3 Å². The van der Waals surface area contributed by atoms with Crippen LogP contribution in [0.5, 0.6) is 0 Å². The van der Waals surface area contributed by atoms with Crippen molar-refractivity contribution in [3.05, 3.63) is 12.7 Å². The van der Waals surface area contributed by atoms with Crippen molar-refractivity contribution < 1.29 is 9.53 Å². The first kappa shape index (κ1) is 28.2. The Labute approximate surface area is 183 Å². The highest BCUT2D eigenvalue weighted by Crippen LogP contribution is 2.15. The van der Waals surface area contributed by atoms with Crippen LogP contribution in [0.4, 0.5) is 0 Å². The number of unbranched alkanes of at least 4 members (excludes halogenated alkanes) is 18. The van der Waals surface area contributed by atoms with Gasteiger partial charge in [-0.2, -0.15) is 0 Å². The summed E-state index contributed by atoms with van der Waals surface area (Å²) in [5.74, 6) is 0.584. The van der Waals surface area contributed by atoms with Crippen molar-refractivity contribution in [3.8, 4) is 0 Å². The van der Waals surface area contributed by atoms with Gasteiger partial charge in [-0.3, -0.25) is 0 Å². The van der Waals surface area contributed by atoms with Crippen LogP contribution in [0.1, 0.15) is 142 Å². The maximum Gasteiger partial charge on any atom is 0.330 e. The normalized spacial score (nSPS) is 11.1. The molecule has 0 aromatic rings. The molecule has 0 aromatic heterocycles. The Balaban J connectivity index is 3.03. The number of hydrogen-bond donors (Lipinski definition) is 0. The lowest BCUT2D eigenvalue weighted by molar-refractivity contribution is -0.137. The molecule has 0 atom stereocenters. The fourth-order valence-corrected chi connectivity index (χ4v) is 3.89. The summed E-state index contributed by atoms with van der Waals surface area (Å²) < 4.78 is 4.98. The lowest BCUT2D eigenvalue weighted by Gasteiger charge is -2.05. The molecule has 0 bridgehead atoms. The van der Waals surface area contributed by atoms with Crippen LogP contribution in [-0.4, -0.2) is 12.6 Å². The maximum atomic E-state index is 10.9. The van der Waals surface area contributed by atoms with Crippen LogP contribution in [-0.2, 0) is 9.53 Å². The highest BCUT2D eigenvalue weighted by atomic mass is 16.5. The maximum absolute atomic E-state index is 10.9. The molecule has 2 heteroatoms. The SMILES string of the molecule is C=CC(=O)OCCCCCCCCCCCCCCCCCCCCCC(C)C. The average molecular weight is 409 g/mol. The molecule has 0 saturated carbocycles. The van der Waals surface area contributed by atoms with E-state index in [2.05, 4.69) is 20.4 Å². The van der Waals surface area contributed by atoms with Crippen LogP contribution < -0.4 is 0 Å². The van der Waals surface area contributed by atoms with Crippen molar-refractivity contribution in [2.75, 3.05) is 6.61 Å². The zero-order valence-electron chi connectivity index (χ0n) is 20.0. The summed E-state index contributed by atoms with van der Waals surface area (Å²) in [6.07, 6.45) is 28.9. The van der Waals surface area contributed by atoms with E-state index in [1.807, 2.05) is 0 Å². The highest BCUT2D eigenvalue weighted by Gasteiger charge is 1.97. The van der Waals surface area contributed by atoms with E-state index >= 15 is 0 Å². The van der Waals surface area contributed by atoms with Crippen LogP contribution >= 0.6 is 0 Å². The number of rotatable bonds is 23. The van der Waals surface area contributed by atoms with Gasteiger partial charge in [-0.25, -0.2) is 4.79 Å². The highest BCUT2D eigenvalue weighted by molar-refractivity contribution is 5.81. The average Bonchev–Trinajstić information content (AvgIpc) is 2.71. The molecule has 0 amide bonds. The first-order chi connectivity index (χ1) is 14.2. The molecule has 0 saturated heterocycles. The van der Waals surface area contributed by atoms with Gasteiger partial charge >= 0.3 is 5.97 Å². The monoisotopic (exact) mass is 408 g/mol. The minimum absolute atomic E-state index is 0.298.